The van der Waals surface area contributed by atoms with Gasteiger partial charge >= 0.3 is 0 Å². The Morgan fingerprint density at radius 3 is 2.17 bits per heavy atom. The van der Waals surface area contributed by atoms with Crippen molar-refractivity contribution in [2.45, 2.75) is 13.5 Å². The van der Waals surface area contributed by atoms with Crippen LogP contribution in [-0.2, 0) is 16.6 Å². The monoisotopic (exact) mass is 567 g/mol. The summed E-state index contributed by atoms with van der Waals surface area (Å²) in [4.78, 5) is 17.5. The highest BCUT2D eigenvalue weighted by molar-refractivity contribution is 7.93. The molecule has 1 amide bonds. The fourth-order valence-corrected chi connectivity index (χ4v) is 5.29. The van der Waals surface area contributed by atoms with Gasteiger partial charge in [0.25, 0.3) is 15.9 Å². The average Bonchev–Trinajstić information content (AvgIpc) is 3.27. The summed E-state index contributed by atoms with van der Waals surface area (Å²) in [5, 5.41) is 1.59. The number of sulfonamides is 1. The van der Waals surface area contributed by atoms with E-state index in [1.165, 1.54) is 6.08 Å². The van der Waals surface area contributed by atoms with Crippen LogP contribution < -0.4 is 4.72 Å². The Hall–Kier alpha value is -4.46. The first kappa shape index (κ1) is 27.1. The first-order valence-electron chi connectivity index (χ1n) is 12.6. The minimum absolute atomic E-state index is 0.206. The van der Waals surface area contributed by atoms with Gasteiger partial charge in [0.15, 0.2) is 0 Å². The molecule has 0 saturated carbocycles. The summed E-state index contributed by atoms with van der Waals surface area (Å²) in [7, 11) is -3.99. The van der Waals surface area contributed by atoms with E-state index in [0.29, 0.717) is 28.2 Å². The van der Waals surface area contributed by atoms with Gasteiger partial charge in [-0.15, -0.1) is 0 Å². The second-order valence-electron chi connectivity index (χ2n) is 9.23. The Kier molecular flexibility index (Phi) is 7.96. The Morgan fingerprint density at radius 2 is 1.50 bits per heavy atom. The molecule has 8 heteroatoms. The van der Waals surface area contributed by atoms with E-state index in [9.17, 15) is 13.2 Å². The van der Waals surface area contributed by atoms with E-state index < -0.39 is 15.9 Å². The highest BCUT2D eigenvalue weighted by Crippen LogP contribution is 2.24. The lowest BCUT2D eigenvalue weighted by molar-refractivity contribution is 0.0982. The molecular formula is C32H26ClN3O3S. The standard InChI is InChI=1S/C32H26ClN3O3S/c1-23-34-30-17-16-27(32(37)35-40(38,39)19-18-25-10-6-3-7-11-25)21-31(30)36(23)22-28-15-14-26(20-29(28)33)13-12-24-8-4-2-5-9-24/h2-21H,22H2,1H3,(H,35,37). The molecule has 1 aromatic heterocycles. The summed E-state index contributed by atoms with van der Waals surface area (Å²) in [5.41, 5.74) is 5.28. The van der Waals surface area contributed by atoms with Crippen LogP contribution in [0.3, 0.4) is 0 Å². The Morgan fingerprint density at radius 1 is 0.850 bits per heavy atom. The minimum atomic E-state index is -3.99. The van der Waals surface area contributed by atoms with Gasteiger partial charge in [0, 0.05) is 10.6 Å². The highest BCUT2D eigenvalue weighted by atomic mass is 35.5. The third kappa shape index (κ3) is 6.57. The number of imidazole rings is 1. The van der Waals surface area contributed by atoms with Crippen LogP contribution in [0, 0.1) is 6.92 Å². The maximum atomic E-state index is 12.9. The molecule has 6 nitrogen and oxygen atoms in total. The predicted octanol–water partition coefficient (Wildman–Crippen LogP) is 6.95. The van der Waals surface area contributed by atoms with E-state index >= 15 is 0 Å². The number of rotatable bonds is 8. The van der Waals surface area contributed by atoms with Crippen LogP contribution in [0.1, 0.15) is 38.4 Å². The lowest BCUT2D eigenvalue weighted by atomic mass is 10.1. The number of aromatic nitrogens is 2. The SMILES string of the molecule is Cc1nc2ccc(C(=O)NS(=O)(=O)C=Cc3ccccc3)cc2n1Cc1ccc(C=Cc2ccccc2)cc1Cl. The number of nitrogens with one attached hydrogen (secondary N) is 1. The maximum absolute atomic E-state index is 12.9. The summed E-state index contributed by atoms with van der Waals surface area (Å²) in [5.74, 6) is 0.0210. The molecule has 1 N–H and O–H groups in total. The number of carbonyl (C=O) groups is 1. The molecule has 0 aliphatic heterocycles. The van der Waals surface area contributed by atoms with E-state index in [1.807, 2.05) is 78.2 Å². The van der Waals surface area contributed by atoms with E-state index in [4.69, 9.17) is 11.6 Å². The number of carbonyl (C=O) groups excluding carboxylic acids is 1. The Labute approximate surface area is 238 Å². The van der Waals surface area contributed by atoms with E-state index in [0.717, 1.165) is 27.9 Å². The van der Waals surface area contributed by atoms with Crippen molar-refractivity contribution in [1.82, 2.24) is 14.3 Å². The molecule has 5 aromatic rings. The van der Waals surface area contributed by atoms with Gasteiger partial charge in [-0.1, -0.05) is 96.5 Å². The van der Waals surface area contributed by atoms with Crippen LogP contribution in [0.4, 0.5) is 0 Å². The lowest BCUT2D eigenvalue weighted by Gasteiger charge is -2.10. The van der Waals surface area contributed by atoms with E-state index in [2.05, 4.69) is 9.71 Å². The molecule has 0 atom stereocenters. The molecule has 200 valence electrons. The number of hydrogen-bond donors (Lipinski definition) is 1. The van der Waals surface area contributed by atoms with Gasteiger partial charge in [0.1, 0.15) is 5.82 Å². The van der Waals surface area contributed by atoms with Gasteiger partial charge in [-0.25, -0.2) is 18.1 Å². The van der Waals surface area contributed by atoms with Crippen LogP contribution in [0.25, 0.3) is 29.3 Å². The van der Waals surface area contributed by atoms with Crippen molar-refractivity contribution in [2.75, 3.05) is 0 Å². The number of hydrogen-bond acceptors (Lipinski definition) is 4. The smallest absolute Gasteiger partial charge is 0.265 e. The van der Waals surface area contributed by atoms with Gasteiger partial charge < -0.3 is 4.57 Å². The predicted molar refractivity (Wildman–Crippen MR) is 162 cm³/mol. The summed E-state index contributed by atoms with van der Waals surface area (Å²) < 4.78 is 29.1. The molecule has 1 heterocycles. The first-order valence-corrected chi connectivity index (χ1v) is 14.5. The van der Waals surface area contributed by atoms with Gasteiger partial charge in [0.2, 0.25) is 0 Å². The molecule has 0 spiro atoms. The number of benzene rings is 4. The van der Waals surface area contributed by atoms with Gasteiger partial charge in [-0.2, -0.15) is 0 Å². The zero-order valence-electron chi connectivity index (χ0n) is 21.7. The van der Waals surface area contributed by atoms with Crippen LogP contribution in [-0.4, -0.2) is 23.9 Å². The maximum Gasteiger partial charge on any atom is 0.265 e. The second kappa shape index (κ2) is 11.7. The quantitative estimate of drug-likeness (QED) is 0.206. The topological polar surface area (TPSA) is 81.1 Å². The molecule has 4 aromatic carbocycles. The van der Waals surface area contributed by atoms with Crippen molar-refractivity contribution in [3.8, 4) is 0 Å². The van der Waals surface area contributed by atoms with Crippen molar-refractivity contribution in [1.29, 1.82) is 0 Å². The van der Waals surface area contributed by atoms with E-state index in [1.54, 1.807) is 42.5 Å². The fourth-order valence-electron chi connectivity index (χ4n) is 4.26. The zero-order chi connectivity index (χ0) is 28.1. The summed E-state index contributed by atoms with van der Waals surface area (Å²) in [6.07, 6.45) is 5.48. The van der Waals surface area contributed by atoms with Gasteiger partial charge in [-0.3, -0.25) is 4.79 Å². The van der Waals surface area contributed by atoms with Gasteiger partial charge in [0.05, 0.1) is 23.0 Å². The number of halogens is 1. The normalized spacial score (nSPS) is 11.9. The highest BCUT2D eigenvalue weighted by Gasteiger charge is 2.16. The molecule has 0 unspecified atom stereocenters. The number of fused-ring (bicyclic) bond motifs is 1. The molecule has 0 bridgehead atoms. The first-order chi connectivity index (χ1) is 19.3. The van der Waals surface area contributed by atoms with Crippen LogP contribution >= 0.6 is 11.6 Å². The largest absolute Gasteiger partial charge is 0.324 e. The lowest BCUT2D eigenvalue weighted by Crippen LogP contribution is -2.28. The average molecular weight is 568 g/mol. The summed E-state index contributed by atoms with van der Waals surface area (Å²) in [6, 6.07) is 29.8. The molecule has 0 fully saturated rings. The van der Waals surface area contributed by atoms with Crippen molar-refractivity contribution >= 4 is 56.8 Å². The van der Waals surface area contributed by atoms with Crippen molar-refractivity contribution in [3.63, 3.8) is 0 Å². The molecule has 40 heavy (non-hydrogen) atoms. The number of amides is 1. The minimum Gasteiger partial charge on any atom is -0.324 e. The molecule has 0 aliphatic carbocycles. The van der Waals surface area contributed by atoms with Crippen molar-refractivity contribution in [2.24, 2.45) is 0 Å². The Bertz CT molecular complexity index is 1850. The third-order valence-corrected chi connectivity index (χ3v) is 7.66. The van der Waals surface area contributed by atoms with Crippen LogP contribution in [0.2, 0.25) is 5.02 Å². The molecule has 0 radical (unpaired) electrons. The van der Waals surface area contributed by atoms with Crippen molar-refractivity contribution < 1.29 is 13.2 Å². The summed E-state index contributed by atoms with van der Waals surface area (Å²) >= 11 is 6.66. The molecule has 0 aliphatic rings. The molecule has 0 saturated heterocycles. The second-order valence-corrected chi connectivity index (χ2v) is 11.2. The summed E-state index contributed by atoms with van der Waals surface area (Å²) in [6.45, 7) is 2.32. The number of aryl methyl sites for hydroxylation is 1. The zero-order valence-corrected chi connectivity index (χ0v) is 23.2. The third-order valence-electron chi connectivity index (χ3n) is 6.35. The van der Waals surface area contributed by atoms with E-state index in [-0.39, 0.29) is 5.56 Å². The fraction of sp³-hybridized carbons (Fsp3) is 0.0625. The number of nitrogens with zero attached hydrogens (tertiary/aromatic N) is 2. The molecule has 5 rings (SSSR count). The van der Waals surface area contributed by atoms with Crippen LogP contribution in [0.5, 0.6) is 0 Å². The Balaban J connectivity index is 1.35. The van der Waals surface area contributed by atoms with Gasteiger partial charge in [-0.05, 0) is 59.5 Å². The molecular weight excluding hydrogens is 542 g/mol. The van der Waals surface area contributed by atoms with Crippen molar-refractivity contribution in [3.05, 3.63) is 141 Å². The van der Waals surface area contributed by atoms with Crippen LogP contribution in [0.15, 0.2) is 102 Å².